The summed E-state index contributed by atoms with van der Waals surface area (Å²) in [5, 5.41) is 17.4. The van der Waals surface area contributed by atoms with Gasteiger partial charge in [-0.1, -0.05) is 0 Å². The first-order valence-corrected chi connectivity index (χ1v) is 5.39. The molecule has 5 heteroatoms. The van der Waals surface area contributed by atoms with Crippen LogP contribution in [0.3, 0.4) is 0 Å². The zero-order valence-corrected chi connectivity index (χ0v) is 10.9. The second-order valence-electron chi connectivity index (χ2n) is 3.01. The molecule has 0 saturated carbocycles. The second-order valence-corrected chi connectivity index (χ2v) is 3.86. The van der Waals surface area contributed by atoms with Gasteiger partial charge in [-0.15, -0.1) is 0 Å². The molecular weight excluding hydrogens is 284 g/mol. The van der Waals surface area contributed by atoms with Crippen LogP contribution in [-0.2, 0) is 0 Å². The number of halogens is 1. The van der Waals surface area contributed by atoms with Crippen molar-refractivity contribution in [1.82, 2.24) is 0 Å². The molecule has 0 aliphatic carbocycles. The summed E-state index contributed by atoms with van der Waals surface area (Å²) < 4.78 is 11.0. The molecule has 0 saturated heterocycles. The fourth-order valence-corrected chi connectivity index (χ4v) is 1.76. The van der Waals surface area contributed by atoms with E-state index in [1.54, 1.807) is 31.4 Å². The van der Waals surface area contributed by atoms with E-state index in [9.17, 15) is 0 Å². The third kappa shape index (κ3) is 2.99. The largest absolute Gasteiger partial charge is 0.496 e. The summed E-state index contributed by atoms with van der Waals surface area (Å²) in [5.41, 5.74) is 0.652. The van der Waals surface area contributed by atoms with Gasteiger partial charge in [0.1, 0.15) is 29.2 Å². The molecule has 0 heterocycles. The molecule has 0 radical (unpaired) electrons. The number of allylic oxidation sites excluding steroid dienone is 1. The summed E-state index contributed by atoms with van der Waals surface area (Å²) in [6.45, 7) is 0. The minimum atomic E-state index is 0.0142. The normalized spacial score (nSPS) is 8.76. The van der Waals surface area contributed by atoms with Crippen molar-refractivity contribution in [2.45, 2.75) is 0 Å². The van der Waals surface area contributed by atoms with Crippen molar-refractivity contribution in [3.63, 3.8) is 0 Å². The molecule has 1 aromatic rings. The van der Waals surface area contributed by atoms with Crippen LogP contribution in [-0.4, -0.2) is 14.2 Å². The van der Waals surface area contributed by atoms with Gasteiger partial charge >= 0.3 is 0 Å². The Labute approximate surface area is 108 Å². The molecule has 0 N–H and O–H groups in total. The van der Waals surface area contributed by atoms with Crippen molar-refractivity contribution < 1.29 is 9.47 Å². The monoisotopic (exact) mass is 292 g/mol. The molecule has 0 atom stereocenters. The Hall–Kier alpha value is -1.98. The number of nitriles is 2. The summed E-state index contributed by atoms with van der Waals surface area (Å²) in [7, 11) is 3.06. The summed E-state index contributed by atoms with van der Waals surface area (Å²) in [5.74, 6) is 1.16. The van der Waals surface area contributed by atoms with Crippen LogP contribution in [0.1, 0.15) is 5.56 Å². The maximum absolute atomic E-state index is 8.70. The van der Waals surface area contributed by atoms with Crippen molar-refractivity contribution in [3.05, 3.63) is 27.7 Å². The molecular formula is C12H9BrN2O2. The molecule has 0 aliphatic rings. The van der Waals surface area contributed by atoms with Crippen molar-refractivity contribution in [1.29, 1.82) is 10.5 Å². The number of benzene rings is 1. The number of ether oxygens (including phenoxy) is 2. The number of rotatable bonds is 3. The quantitative estimate of drug-likeness (QED) is 0.804. The lowest BCUT2D eigenvalue weighted by Gasteiger charge is -2.09. The lowest BCUT2D eigenvalue weighted by molar-refractivity contribution is 0.392. The van der Waals surface area contributed by atoms with Gasteiger partial charge in [0.05, 0.1) is 18.7 Å². The summed E-state index contributed by atoms with van der Waals surface area (Å²) in [6, 6.07) is 7.01. The third-order valence-electron chi connectivity index (χ3n) is 2.04. The first-order valence-electron chi connectivity index (χ1n) is 4.59. The number of nitrogens with zero attached hydrogens (tertiary/aromatic N) is 2. The van der Waals surface area contributed by atoms with E-state index in [1.165, 1.54) is 13.2 Å². The van der Waals surface area contributed by atoms with Crippen LogP contribution < -0.4 is 9.47 Å². The van der Waals surface area contributed by atoms with E-state index >= 15 is 0 Å². The fourth-order valence-electron chi connectivity index (χ4n) is 1.24. The Morgan fingerprint density at radius 3 is 2.24 bits per heavy atom. The van der Waals surface area contributed by atoms with Gasteiger partial charge in [0.15, 0.2) is 0 Å². The third-order valence-corrected chi connectivity index (χ3v) is 2.66. The van der Waals surface area contributed by atoms with Crippen molar-refractivity contribution in [2.24, 2.45) is 0 Å². The topological polar surface area (TPSA) is 66.0 Å². The average Bonchev–Trinajstić information content (AvgIpc) is 2.36. The fraction of sp³-hybridized carbons (Fsp3) is 0.167. The zero-order chi connectivity index (χ0) is 12.8. The molecule has 86 valence electrons. The Bertz CT molecular complexity index is 523. The van der Waals surface area contributed by atoms with Gasteiger partial charge in [0.2, 0.25) is 0 Å². The predicted molar refractivity (Wildman–Crippen MR) is 66.4 cm³/mol. The van der Waals surface area contributed by atoms with Gasteiger partial charge in [-0.3, -0.25) is 0 Å². The first kappa shape index (κ1) is 13.1. The highest BCUT2D eigenvalue weighted by Gasteiger charge is 2.08. The molecule has 17 heavy (non-hydrogen) atoms. The molecule has 1 rings (SSSR count). The Kier molecular flexibility index (Phi) is 4.56. The highest BCUT2D eigenvalue weighted by Crippen LogP contribution is 2.33. The molecule has 4 nitrogen and oxygen atoms in total. The number of hydrogen-bond donors (Lipinski definition) is 0. The molecule has 0 fully saturated rings. The van der Waals surface area contributed by atoms with Crippen LogP contribution in [0.15, 0.2) is 22.2 Å². The maximum Gasteiger partial charge on any atom is 0.136 e. The Morgan fingerprint density at radius 2 is 1.76 bits per heavy atom. The van der Waals surface area contributed by atoms with Gasteiger partial charge in [0.25, 0.3) is 0 Å². The van der Waals surface area contributed by atoms with Crippen molar-refractivity contribution in [3.8, 4) is 23.6 Å². The highest BCUT2D eigenvalue weighted by atomic mass is 79.9. The van der Waals surface area contributed by atoms with Crippen LogP contribution in [0.4, 0.5) is 0 Å². The standard InChI is InChI=1S/C12H9BrN2O2/c1-16-11-5-12(17-2)10(13)4-9(11)3-8(6-14)7-15/h3-5H,1-2H3. The SMILES string of the molecule is COc1cc(OC)c(C=C(C#N)C#N)cc1Br. The first-order chi connectivity index (χ1) is 8.15. The van der Waals surface area contributed by atoms with Gasteiger partial charge in [-0.2, -0.15) is 10.5 Å². The maximum atomic E-state index is 8.70. The minimum Gasteiger partial charge on any atom is -0.496 e. The highest BCUT2D eigenvalue weighted by molar-refractivity contribution is 9.10. The van der Waals surface area contributed by atoms with E-state index in [1.807, 2.05) is 0 Å². The average molecular weight is 293 g/mol. The summed E-state index contributed by atoms with van der Waals surface area (Å²) >= 11 is 3.33. The lowest BCUT2D eigenvalue weighted by atomic mass is 10.1. The van der Waals surface area contributed by atoms with E-state index < -0.39 is 0 Å². The molecule has 0 bridgehead atoms. The van der Waals surface area contributed by atoms with E-state index in [0.717, 1.165) is 4.47 Å². The van der Waals surface area contributed by atoms with Crippen LogP contribution in [0.5, 0.6) is 11.5 Å². The van der Waals surface area contributed by atoms with E-state index in [4.69, 9.17) is 20.0 Å². The second kappa shape index (κ2) is 5.93. The summed E-state index contributed by atoms with van der Waals surface area (Å²) in [4.78, 5) is 0. The molecule has 0 amide bonds. The number of methoxy groups -OCH3 is 2. The van der Waals surface area contributed by atoms with Gasteiger partial charge < -0.3 is 9.47 Å². The van der Waals surface area contributed by atoms with E-state index in [-0.39, 0.29) is 5.57 Å². The van der Waals surface area contributed by atoms with Gasteiger partial charge in [-0.25, -0.2) is 0 Å². The zero-order valence-electron chi connectivity index (χ0n) is 9.32. The number of hydrogen-bond acceptors (Lipinski definition) is 4. The van der Waals surface area contributed by atoms with Crippen LogP contribution in [0, 0.1) is 22.7 Å². The van der Waals surface area contributed by atoms with Crippen LogP contribution in [0.25, 0.3) is 6.08 Å². The van der Waals surface area contributed by atoms with Crippen LogP contribution >= 0.6 is 15.9 Å². The molecule has 1 aromatic carbocycles. The molecule has 0 aromatic heterocycles. The van der Waals surface area contributed by atoms with Gasteiger partial charge in [0, 0.05) is 11.6 Å². The smallest absolute Gasteiger partial charge is 0.136 e. The van der Waals surface area contributed by atoms with Crippen LogP contribution in [0.2, 0.25) is 0 Å². The van der Waals surface area contributed by atoms with E-state index in [2.05, 4.69) is 15.9 Å². The Morgan fingerprint density at radius 1 is 1.18 bits per heavy atom. The van der Waals surface area contributed by atoms with Gasteiger partial charge in [-0.05, 0) is 28.1 Å². The molecule has 0 aliphatic heterocycles. The lowest BCUT2D eigenvalue weighted by Crippen LogP contribution is -1.91. The molecule has 0 spiro atoms. The van der Waals surface area contributed by atoms with Crippen molar-refractivity contribution in [2.75, 3.05) is 14.2 Å². The Balaban J connectivity index is 3.36. The van der Waals surface area contributed by atoms with E-state index in [0.29, 0.717) is 17.1 Å². The molecule has 0 unspecified atom stereocenters. The predicted octanol–water partition coefficient (Wildman–Crippen LogP) is 2.90. The van der Waals surface area contributed by atoms with Crippen molar-refractivity contribution >= 4 is 22.0 Å². The summed E-state index contributed by atoms with van der Waals surface area (Å²) in [6.07, 6.45) is 1.46. The minimum absolute atomic E-state index is 0.0142.